The fraction of sp³-hybridized carbons (Fsp3) is 0.500. The molecule has 2 fully saturated rings. The molecule has 2 aromatic rings. The van der Waals surface area contributed by atoms with Crippen LogP contribution in [0.5, 0.6) is 0 Å². The Kier molecular flexibility index (Phi) is 7.44. The molecule has 8 nitrogen and oxygen atoms in total. The number of piperazine rings is 1. The lowest BCUT2D eigenvalue weighted by Crippen LogP contribution is -2.50. The molecule has 0 amide bonds. The van der Waals surface area contributed by atoms with Crippen molar-refractivity contribution in [3.63, 3.8) is 0 Å². The average Bonchev–Trinajstić information content (AvgIpc) is 3.35. The third-order valence-electron chi connectivity index (χ3n) is 6.02. The fourth-order valence-electron chi connectivity index (χ4n) is 4.15. The molecule has 0 saturated carbocycles. The first-order valence-electron chi connectivity index (χ1n) is 11.0. The predicted molar refractivity (Wildman–Crippen MR) is 127 cm³/mol. The number of ether oxygens (including phenoxy) is 1. The number of alkyl halides is 3. The Balaban J connectivity index is 1.49. The van der Waals surface area contributed by atoms with Crippen LogP contribution in [0.1, 0.15) is 13.3 Å². The smallest absolute Gasteiger partial charge is 0.403 e. The second kappa shape index (κ2) is 10.3. The average molecular weight is 498 g/mol. The zero-order valence-corrected chi connectivity index (χ0v) is 19.5. The van der Waals surface area contributed by atoms with Gasteiger partial charge in [-0.2, -0.15) is 13.2 Å². The summed E-state index contributed by atoms with van der Waals surface area (Å²) in [6, 6.07) is 4.22. The summed E-state index contributed by atoms with van der Waals surface area (Å²) in [6.45, 7) is 5.31. The van der Waals surface area contributed by atoms with Crippen molar-refractivity contribution in [2.45, 2.75) is 25.6 Å². The SMILES string of the molecule is CC(=NCC(F)(F)F)/C(=C\N)Nc1ncc2cc(Cl)c(N3CCN(C4CCOC4)CC3)cc2n1. The van der Waals surface area contributed by atoms with Gasteiger partial charge in [-0.15, -0.1) is 0 Å². The molecule has 1 aromatic carbocycles. The monoisotopic (exact) mass is 497 g/mol. The number of nitrogens with one attached hydrogen (secondary N) is 1. The van der Waals surface area contributed by atoms with Gasteiger partial charge in [-0.3, -0.25) is 9.89 Å². The van der Waals surface area contributed by atoms with Crippen molar-refractivity contribution >= 4 is 39.9 Å². The second-order valence-electron chi connectivity index (χ2n) is 8.32. The van der Waals surface area contributed by atoms with Crippen molar-refractivity contribution in [3.8, 4) is 0 Å². The molecule has 4 rings (SSSR count). The van der Waals surface area contributed by atoms with Crippen molar-refractivity contribution in [1.82, 2.24) is 14.9 Å². The summed E-state index contributed by atoms with van der Waals surface area (Å²) in [7, 11) is 0. The van der Waals surface area contributed by atoms with E-state index in [0.29, 0.717) is 16.6 Å². The van der Waals surface area contributed by atoms with Gasteiger partial charge in [0.1, 0.15) is 6.54 Å². The van der Waals surface area contributed by atoms with Gasteiger partial charge in [0.15, 0.2) is 0 Å². The van der Waals surface area contributed by atoms with Crippen LogP contribution < -0.4 is 16.0 Å². The van der Waals surface area contributed by atoms with Crippen molar-refractivity contribution in [1.29, 1.82) is 0 Å². The Labute approximate surface area is 200 Å². The fourth-order valence-corrected chi connectivity index (χ4v) is 4.44. The molecule has 0 radical (unpaired) electrons. The molecule has 0 bridgehead atoms. The van der Waals surface area contributed by atoms with E-state index in [1.54, 1.807) is 6.20 Å². The van der Waals surface area contributed by atoms with Gasteiger partial charge < -0.3 is 20.7 Å². The molecule has 1 atom stereocenters. The van der Waals surface area contributed by atoms with Gasteiger partial charge >= 0.3 is 6.18 Å². The first-order valence-corrected chi connectivity index (χ1v) is 11.4. The van der Waals surface area contributed by atoms with E-state index < -0.39 is 12.7 Å². The molecule has 1 aromatic heterocycles. The second-order valence-corrected chi connectivity index (χ2v) is 8.73. The maximum absolute atomic E-state index is 12.5. The summed E-state index contributed by atoms with van der Waals surface area (Å²) in [5.74, 6) is 0.199. The van der Waals surface area contributed by atoms with Gasteiger partial charge in [0, 0.05) is 56.6 Å². The van der Waals surface area contributed by atoms with Gasteiger partial charge in [0.05, 0.1) is 34.2 Å². The van der Waals surface area contributed by atoms with Crippen LogP contribution in [0.3, 0.4) is 0 Å². The third kappa shape index (κ3) is 5.89. The predicted octanol–water partition coefficient (Wildman–Crippen LogP) is 3.43. The van der Waals surface area contributed by atoms with Crippen LogP contribution in [-0.4, -0.2) is 78.7 Å². The van der Waals surface area contributed by atoms with E-state index in [2.05, 4.69) is 30.1 Å². The minimum Gasteiger partial charge on any atom is -0.403 e. The van der Waals surface area contributed by atoms with E-state index >= 15 is 0 Å². The molecule has 12 heteroatoms. The molecule has 2 aliphatic heterocycles. The van der Waals surface area contributed by atoms with E-state index in [-0.39, 0.29) is 17.4 Å². The van der Waals surface area contributed by atoms with Crippen LogP contribution in [0.4, 0.5) is 24.8 Å². The van der Waals surface area contributed by atoms with E-state index in [0.717, 1.165) is 63.1 Å². The number of hydrogen-bond acceptors (Lipinski definition) is 8. The third-order valence-corrected chi connectivity index (χ3v) is 6.33. The van der Waals surface area contributed by atoms with Crippen molar-refractivity contribution in [2.24, 2.45) is 10.7 Å². The standard InChI is InChI=1S/C22H27ClF3N7O/c1-14(29-13-22(24,25)26)19(10-27)31-21-28-11-15-8-17(23)20(9-18(15)30-21)33-5-3-32(4-6-33)16-2-7-34-12-16/h8-11,16H,2-7,12-13,27H2,1H3,(H,28,30,31)/b19-10+,29-14?. The number of hydrogen-bond donors (Lipinski definition) is 2. The highest BCUT2D eigenvalue weighted by Crippen LogP contribution is 2.32. The van der Waals surface area contributed by atoms with E-state index in [1.807, 2.05) is 12.1 Å². The Hall–Kier alpha value is -2.63. The molecule has 2 aliphatic rings. The van der Waals surface area contributed by atoms with Crippen molar-refractivity contribution in [2.75, 3.05) is 56.2 Å². The minimum absolute atomic E-state index is 0.103. The molecule has 3 N–H and O–H groups in total. The molecule has 3 heterocycles. The first kappa shape index (κ1) is 24.5. The molecule has 0 aliphatic carbocycles. The van der Waals surface area contributed by atoms with Gasteiger partial charge in [-0.1, -0.05) is 11.6 Å². The lowest BCUT2D eigenvalue weighted by Gasteiger charge is -2.39. The lowest BCUT2D eigenvalue weighted by atomic mass is 10.1. The van der Waals surface area contributed by atoms with Crippen LogP contribution in [0.25, 0.3) is 10.9 Å². The first-order chi connectivity index (χ1) is 16.2. The Morgan fingerprint density at radius 2 is 2.09 bits per heavy atom. The number of benzene rings is 1. The van der Waals surface area contributed by atoms with Crippen molar-refractivity contribution in [3.05, 3.63) is 35.2 Å². The largest absolute Gasteiger partial charge is 0.407 e. The Morgan fingerprint density at radius 1 is 1.32 bits per heavy atom. The number of nitrogens with two attached hydrogens (primary N) is 1. The highest BCUT2D eigenvalue weighted by Gasteiger charge is 2.28. The van der Waals surface area contributed by atoms with Crippen LogP contribution in [0.2, 0.25) is 5.02 Å². The number of rotatable bonds is 6. The van der Waals surface area contributed by atoms with Gasteiger partial charge in [-0.25, -0.2) is 9.97 Å². The summed E-state index contributed by atoms with van der Waals surface area (Å²) in [5.41, 5.74) is 7.44. The zero-order valence-electron chi connectivity index (χ0n) is 18.8. The molecule has 0 spiro atoms. The lowest BCUT2D eigenvalue weighted by molar-refractivity contribution is -0.118. The molecule has 184 valence electrons. The van der Waals surface area contributed by atoms with Gasteiger partial charge in [-0.05, 0) is 25.5 Å². The van der Waals surface area contributed by atoms with Crippen LogP contribution in [-0.2, 0) is 4.74 Å². The number of allylic oxidation sites excluding steroid dienone is 1. The van der Waals surface area contributed by atoms with Crippen LogP contribution in [0.15, 0.2) is 35.2 Å². The number of fused-ring (bicyclic) bond motifs is 1. The summed E-state index contributed by atoms with van der Waals surface area (Å²) in [6.07, 6.45) is -0.574. The Bertz CT molecular complexity index is 1080. The van der Waals surface area contributed by atoms with Gasteiger partial charge in [0.2, 0.25) is 5.95 Å². The Morgan fingerprint density at radius 3 is 2.74 bits per heavy atom. The minimum atomic E-state index is -4.40. The molecule has 2 saturated heterocycles. The highest BCUT2D eigenvalue weighted by atomic mass is 35.5. The van der Waals surface area contributed by atoms with Crippen molar-refractivity contribution < 1.29 is 17.9 Å². The van der Waals surface area contributed by atoms with Gasteiger partial charge in [0.25, 0.3) is 0 Å². The summed E-state index contributed by atoms with van der Waals surface area (Å²) in [5, 5.41) is 4.23. The summed E-state index contributed by atoms with van der Waals surface area (Å²) >= 11 is 6.58. The summed E-state index contributed by atoms with van der Waals surface area (Å²) < 4.78 is 43.0. The summed E-state index contributed by atoms with van der Waals surface area (Å²) in [4.78, 5) is 17.0. The topological polar surface area (TPSA) is 91.9 Å². The molecular formula is C22H27ClF3N7O. The number of halogens is 4. The van der Waals surface area contributed by atoms with Crippen LogP contribution >= 0.6 is 11.6 Å². The van der Waals surface area contributed by atoms with E-state index in [1.165, 1.54) is 6.92 Å². The maximum atomic E-state index is 12.5. The van der Waals surface area contributed by atoms with E-state index in [4.69, 9.17) is 22.1 Å². The number of aliphatic imine (C=N–C) groups is 1. The molecular weight excluding hydrogens is 471 g/mol. The quantitative estimate of drug-likeness (QED) is 0.591. The van der Waals surface area contributed by atoms with E-state index in [9.17, 15) is 13.2 Å². The maximum Gasteiger partial charge on any atom is 0.407 e. The number of anilines is 2. The number of nitrogens with zero attached hydrogens (tertiary/aromatic N) is 5. The van der Waals surface area contributed by atoms with Crippen LogP contribution in [0, 0.1) is 0 Å². The molecule has 34 heavy (non-hydrogen) atoms. The molecule has 1 unspecified atom stereocenters. The zero-order chi connectivity index (χ0) is 24.3. The number of aromatic nitrogens is 2. The normalized spacial score (nSPS) is 20.9. The highest BCUT2D eigenvalue weighted by molar-refractivity contribution is 6.34.